The highest BCUT2D eigenvalue weighted by molar-refractivity contribution is 4.84. The minimum absolute atomic E-state index is 0.368. The second-order valence-electron chi connectivity index (χ2n) is 1.37. The summed E-state index contributed by atoms with van der Waals surface area (Å²) in [6.07, 6.45) is 3.33. The lowest BCUT2D eigenvalue weighted by Gasteiger charge is -1.88. The summed E-state index contributed by atoms with van der Waals surface area (Å²) in [5.74, 6) is 0.729. The van der Waals surface area contributed by atoms with Crippen LogP contribution in [0.2, 0.25) is 0 Å². The van der Waals surface area contributed by atoms with Crippen LogP contribution in [-0.2, 0) is 6.54 Å². The molecule has 8 heavy (non-hydrogen) atoms. The van der Waals surface area contributed by atoms with Gasteiger partial charge < -0.3 is 10.2 Å². The maximum absolute atomic E-state index is 8.13. The fourth-order valence-corrected chi connectivity index (χ4v) is 0.470. The monoisotopic (exact) mass is 113 g/mol. The van der Waals surface area contributed by atoms with Gasteiger partial charge >= 0.3 is 0 Å². The van der Waals surface area contributed by atoms with E-state index in [1.54, 1.807) is 12.4 Å². The molecule has 0 aromatic carbocycles. The molecule has 0 fully saturated rings. The van der Waals surface area contributed by atoms with Crippen molar-refractivity contribution in [2.75, 3.05) is 0 Å². The van der Waals surface area contributed by atoms with Crippen LogP contribution in [0.5, 0.6) is 0 Å². The van der Waals surface area contributed by atoms with Crippen LogP contribution in [0, 0.1) is 0 Å². The Morgan fingerprint density at radius 1 is 1.88 bits per heavy atom. The summed E-state index contributed by atoms with van der Waals surface area (Å²) in [4.78, 5) is 6.63. The van der Waals surface area contributed by atoms with Gasteiger partial charge in [0.25, 0.3) is 0 Å². The first-order valence-corrected chi connectivity index (χ1v) is 2.28. The first-order chi connectivity index (χ1) is 3.93. The third-order valence-electron chi connectivity index (χ3n) is 0.801. The van der Waals surface area contributed by atoms with Crippen LogP contribution < -0.4 is 5.48 Å². The predicted octanol–water partition coefficient (Wildman–Crippen LogP) is -0.112. The molecule has 0 aliphatic carbocycles. The van der Waals surface area contributed by atoms with Gasteiger partial charge in [0.1, 0.15) is 5.82 Å². The highest BCUT2D eigenvalue weighted by Gasteiger charge is 1.87. The smallest absolute Gasteiger partial charge is 0.122 e. The molecular weight excluding hydrogens is 106 g/mol. The quantitative estimate of drug-likeness (QED) is 0.469. The predicted molar refractivity (Wildman–Crippen MR) is 27.2 cm³/mol. The summed E-state index contributed by atoms with van der Waals surface area (Å²) in [5.41, 5.74) is 1.98. The molecule has 0 saturated heterocycles. The van der Waals surface area contributed by atoms with Gasteiger partial charge in [0, 0.05) is 12.4 Å². The van der Waals surface area contributed by atoms with Crippen molar-refractivity contribution in [2.45, 2.75) is 6.54 Å². The molecule has 0 bridgehead atoms. The maximum Gasteiger partial charge on any atom is 0.122 e. The van der Waals surface area contributed by atoms with Crippen molar-refractivity contribution >= 4 is 0 Å². The molecule has 0 amide bonds. The zero-order chi connectivity index (χ0) is 5.82. The van der Waals surface area contributed by atoms with Crippen molar-refractivity contribution in [3.05, 3.63) is 18.2 Å². The van der Waals surface area contributed by atoms with Gasteiger partial charge in [0.05, 0.1) is 6.54 Å². The molecule has 4 heteroatoms. The van der Waals surface area contributed by atoms with Crippen molar-refractivity contribution in [1.29, 1.82) is 0 Å². The van der Waals surface area contributed by atoms with Crippen LogP contribution in [0.4, 0.5) is 0 Å². The van der Waals surface area contributed by atoms with Gasteiger partial charge in [-0.3, -0.25) is 0 Å². The van der Waals surface area contributed by atoms with Gasteiger partial charge in [-0.1, -0.05) is 0 Å². The van der Waals surface area contributed by atoms with Crippen molar-refractivity contribution in [3.8, 4) is 0 Å². The third kappa shape index (κ3) is 1.05. The Morgan fingerprint density at radius 3 is 3.25 bits per heavy atom. The van der Waals surface area contributed by atoms with E-state index in [0.29, 0.717) is 6.54 Å². The SMILES string of the molecule is ONCc1ncc[nH]1. The number of hydrogen-bond acceptors (Lipinski definition) is 3. The Kier molecular flexibility index (Phi) is 1.61. The lowest BCUT2D eigenvalue weighted by Crippen LogP contribution is -2.07. The molecule has 0 radical (unpaired) electrons. The summed E-state index contributed by atoms with van der Waals surface area (Å²) in [6.45, 7) is 0.368. The van der Waals surface area contributed by atoms with Crippen LogP contribution in [0.25, 0.3) is 0 Å². The van der Waals surface area contributed by atoms with E-state index in [-0.39, 0.29) is 0 Å². The normalized spacial score (nSPS) is 9.62. The number of nitrogens with one attached hydrogen (secondary N) is 2. The van der Waals surface area contributed by atoms with Crippen LogP contribution >= 0.6 is 0 Å². The molecular formula is C4H7N3O. The molecule has 0 atom stereocenters. The van der Waals surface area contributed by atoms with E-state index in [1.807, 2.05) is 5.48 Å². The van der Waals surface area contributed by atoms with E-state index >= 15 is 0 Å². The van der Waals surface area contributed by atoms with Crippen molar-refractivity contribution in [2.24, 2.45) is 0 Å². The fourth-order valence-electron chi connectivity index (χ4n) is 0.470. The number of aromatic amines is 1. The van der Waals surface area contributed by atoms with E-state index in [4.69, 9.17) is 5.21 Å². The highest BCUT2D eigenvalue weighted by Crippen LogP contribution is 1.83. The Bertz CT molecular complexity index is 137. The molecule has 0 unspecified atom stereocenters. The molecule has 0 aliphatic rings. The van der Waals surface area contributed by atoms with Gasteiger partial charge in [-0.05, 0) is 0 Å². The second kappa shape index (κ2) is 2.44. The summed E-state index contributed by atoms with van der Waals surface area (Å²) in [6, 6.07) is 0. The zero-order valence-corrected chi connectivity index (χ0v) is 4.26. The molecule has 1 aromatic heterocycles. The summed E-state index contributed by atoms with van der Waals surface area (Å²) in [7, 11) is 0. The van der Waals surface area contributed by atoms with Gasteiger partial charge in [-0.15, -0.1) is 0 Å². The number of H-pyrrole nitrogens is 1. The molecule has 1 aromatic rings. The number of nitrogens with zero attached hydrogens (tertiary/aromatic N) is 1. The molecule has 3 N–H and O–H groups in total. The number of hydroxylamine groups is 1. The van der Waals surface area contributed by atoms with Crippen molar-refractivity contribution < 1.29 is 5.21 Å². The molecule has 1 rings (SSSR count). The lowest BCUT2D eigenvalue weighted by atomic mass is 10.6. The van der Waals surface area contributed by atoms with Gasteiger partial charge in [0.15, 0.2) is 0 Å². The number of imidazole rings is 1. The Labute approximate surface area is 46.5 Å². The van der Waals surface area contributed by atoms with Crippen LogP contribution in [-0.4, -0.2) is 15.2 Å². The second-order valence-corrected chi connectivity index (χ2v) is 1.37. The summed E-state index contributed by atoms with van der Waals surface area (Å²) in [5, 5.41) is 8.13. The largest absolute Gasteiger partial charge is 0.347 e. The standard InChI is InChI=1S/C4H7N3O/c8-7-3-4-5-1-2-6-4/h1-2,7-8H,3H2,(H,5,6). The topological polar surface area (TPSA) is 60.9 Å². The minimum Gasteiger partial charge on any atom is -0.347 e. The molecule has 4 nitrogen and oxygen atoms in total. The van der Waals surface area contributed by atoms with E-state index in [2.05, 4.69) is 9.97 Å². The number of rotatable bonds is 2. The minimum atomic E-state index is 0.368. The van der Waals surface area contributed by atoms with Crippen LogP contribution in [0.1, 0.15) is 5.82 Å². The fraction of sp³-hybridized carbons (Fsp3) is 0.250. The molecule has 0 saturated carbocycles. The van der Waals surface area contributed by atoms with Gasteiger partial charge in [-0.25, -0.2) is 4.98 Å². The van der Waals surface area contributed by atoms with Gasteiger partial charge in [0.2, 0.25) is 0 Å². The van der Waals surface area contributed by atoms with Crippen LogP contribution in [0.3, 0.4) is 0 Å². The summed E-state index contributed by atoms with van der Waals surface area (Å²) >= 11 is 0. The van der Waals surface area contributed by atoms with Crippen LogP contribution in [0.15, 0.2) is 12.4 Å². The summed E-state index contributed by atoms with van der Waals surface area (Å²) < 4.78 is 0. The van der Waals surface area contributed by atoms with E-state index in [0.717, 1.165) is 5.82 Å². The third-order valence-corrected chi connectivity index (χ3v) is 0.801. The molecule has 0 aliphatic heterocycles. The number of hydrogen-bond donors (Lipinski definition) is 3. The molecule has 0 spiro atoms. The zero-order valence-electron chi connectivity index (χ0n) is 4.26. The molecule has 1 heterocycles. The van der Waals surface area contributed by atoms with Crippen molar-refractivity contribution in [1.82, 2.24) is 15.4 Å². The number of aromatic nitrogens is 2. The highest BCUT2D eigenvalue weighted by atomic mass is 16.5. The average molecular weight is 113 g/mol. The van der Waals surface area contributed by atoms with E-state index < -0.39 is 0 Å². The van der Waals surface area contributed by atoms with Crippen molar-refractivity contribution in [3.63, 3.8) is 0 Å². The van der Waals surface area contributed by atoms with E-state index in [9.17, 15) is 0 Å². The average Bonchev–Trinajstić information content (AvgIpc) is 2.19. The first-order valence-electron chi connectivity index (χ1n) is 2.28. The Hall–Kier alpha value is -0.870. The Balaban J connectivity index is 2.50. The van der Waals surface area contributed by atoms with E-state index in [1.165, 1.54) is 0 Å². The Morgan fingerprint density at radius 2 is 2.75 bits per heavy atom. The lowest BCUT2D eigenvalue weighted by molar-refractivity contribution is 0.159. The van der Waals surface area contributed by atoms with Gasteiger partial charge in [-0.2, -0.15) is 5.48 Å². The first kappa shape index (κ1) is 5.27. The molecule has 44 valence electrons. The maximum atomic E-state index is 8.13.